The Labute approximate surface area is 128 Å². The summed E-state index contributed by atoms with van der Waals surface area (Å²) < 4.78 is 6.99. The fourth-order valence-electron chi connectivity index (χ4n) is 2.50. The first-order chi connectivity index (χ1) is 9.13. The van der Waals surface area contributed by atoms with E-state index in [9.17, 15) is 0 Å². The molecule has 0 amide bonds. The summed E-state index contributed by atoms with van der Waals surface area (Å²) in [5, 5.41) is 4.12. The van der Waals surface area contributed by atoms with E-state index in [0.29, 0.717) is 0 Å². The van der Waals surface area contributed by atoms with Crippen LogP contribution in [0.1, 0.15) is 18.5 Å². The van der Waals surface area contributed by atoms with E-state index in [0.717, 1.165) is 35.7 Å². The highest BCUT2D eigenvalue weighted by Crippen LogP contribution is 2.34. The van der Waals surface area contributed by atoms with Crippen molar-refractivity contribution in [1.82, 2.24) is 10.2 Å². The van der Waals surface area contributed by atoms with Crippen LogP contribution < -0.4 is 5.32 Å². The molecule has 1 aromatic rings. The third-order valence-electron chi connectivity index (χ3n) is 3.48. The van der Waals surface area contributed by atoms with Crippen LogP contribution in [0.2, 0.25) is 5.02 Å². The van der Waals surface area contributed by atoms with Crippen molar-refractivity contribution in [3.8, 4) is 0 Å². The molecule has 0 bridgehead atoms. The lowest BCUT2D eigenvalue weighted by molar-refractivity contribution is -0.0613. The SMILES string of the molecule is CCNCC1OCCN(C)C1c1ccc(Cl)cc1Br. The third kappa shape index (κ3) is 3.70. The Morgan fingerprint density at radius 1 is 1.53 bits per heavy atom. The number of likely N-dealkylation sites (N-methyl/N-ethyl adjacent to an activating group) is 2. The molecule has 0 radical (unpaired) electrons. The number of hydrogen-bond acceptors (Lipinski definition) is 3. The molecule has 1 fully saturated rings. The molecule has 1 N–H and O–H groups in total. The Hall–Kier alpha value is -0.130. The number of morpholine rings is 1. The van der Waals surface area contributed by atoms with Crippen molar-refractivity contribution in [2.24, 2.45) is 0 Å². The van der Waals surface area contributed by atoms with Crippen molar-refractivity contribution < 1.29 is 4.74 Å². The van der Waals surface area contributed by atoms with E-state index in [1.165, 1.54) is 5.56 Å². The van der Waals surface area contributed by atoms with E-state index in [4.69, 9.17) is 16.3 Å². The lowest BCUT2D eigenvalue weighted by Gasteiger charge is -2.40. The summed E-state index contributed by atoms with van der Waals surface area (Å²) in [5.41, 5.74) is 1.23. The van der Waals surface area contributed by atoms with Gasteiger partial charge in [0.1, 0.15) is 0 Å². The lowest BCUT2D eigenvalue weighted by Crippen LogP contribution is -2.47. The number of hydrogen-bond donors (Lipinski definition) is 1. The van der Waals surface area contributed by atoms with Crippen molar-refractivity contribution in [2.75, 3.05) is 33.3 Å². The maximum atomic E-state index is 6.03. The molecule has 5 heteroatoms. The lowest BCUT2D eigenvalue weighted by atomic mass is 9.98. The fourth-order valence-corrected chi connectivity index (χ4v) is 3.42. The van der Waals surface area contributed by atoms with Crippen molar-refractivity contribution in [3.05, 3.63) is 33.3 Å². The van der Waals surface area contributed by atoms with E-state index in [-0.39, 0.29) is 12.1 Å². The highest BCUT2D eigenvalue weighted by Gasteiger charge is 2.32. The minimum absolute atomic E-state index is 0.163. The molecule has 0 aromatic heterocycles. The van der Waals surface area contributed by atoms with E-state index in [2.05, 4.69) is 46.2 Å². The standard InChI is InChI=1S/C14H20BrClN2O/c1-3-17-9-13-14(18(2)6-7-19-13)11-5-4-10(16)8-12(11)15/h4-5,8,13-14,17H,3,6-7,9H2,1-2H3. The van der Waals surface area contributed by atoms with Crippen LogP contribution in [-0.2, 0) is 4.74 Å². The molecule has 1 heterocycles. The predicted molar refractivity (Wildman–Crippen MR) is 82.8 cm³/mol. The Balaban J connectivity index is 2.25. The van der Waals surface area contributed by atoms with Gasteiger partial charge in [-0.3, -0.25) is 4.90 Å². The second-order valence-corrected chi connectivity index (χ2v) is 6.10. The zero-order valence-corrected chi connectivity index (χ0v) is 13.7. The summed E-state index contributed by atoms with van der Waals surface area (Å²) in [4.78, 5) is 2.35. The normalized spacial score (nSPS) is 24.6. The molecule has 2 unspecified atom stereocenters. The summed E-state index contributed by atoms with van der Waals surface area (Å²) in [6.07, 6.45) is 0.163. The zero-order valence-electron chi connectivity index (χ0n) is 11.3. The van der Waals surface area contributed by atoms with E-state index in [1.54, 1.807) is 0 Å². The van der Waals surface area contributed by atoms with Gasteiger partial charge in [-0.25, -0.2) is 0 Å². The summed E-state index contributed by atoms with van der Waals surface area (Å²) in [6.45, 7) is 5.66. The molecule has 19 heavy (non-hydrogen) atoms. The molecule has 2 atom stereocenters. The van der Waals surface area contributed by atoms with Gasteiger partial charge in [-0.1, -0.05) is 40.5 Å². The Kier molecular flexibility index (Phi) is 5.66. The van der Waals surface area contributed by atoms with Gasteiger partial charge in [0.2, 0.25) is 0 Å². The summed E-state index contributed by atoms with van der Waals surface area (Å²) in [5.74, 6) is 0. The van der Waals surface area contributed by atoms with Gasteiger partial charge in [0, 0.05) is 22.6 Å². The first-order valence-corrected chi connectivity index (χ1v) is 7.78. The molecule has 1 aliphatic heterocycles. The molecule has 2 rings (SSSR count). The van der Waals surface area contributed by atoms with Crippen LogP contribution in [0.25, 0.3) is 0 Å². The molecule has 1 aromatic carbocycles. The summed E-state index contributed by atoms with van der Waals surface area (Å²) >= 11 is 9.64. The van der Waals surface area contributed by atoms with Crippen LogP contribution in [-0.4, -0.2) is 44.3 Å². The van der Waals surface area contributed by atoms with E-state index in [1.807, 2.05) is 12.1 Å². The smallest absolute Gasteiger partial charge is 0.0896 e. The average molecular weight is 348 g/mol. The fraction of sp³-hybridized carbons (Fsp3) is 0.571. The van der Waals surface area contributed by atoms with Crippen molar-refractivity contribution >= 4 is 27.5 Å². The van der Waals surface area contributed by atoms with Gasteiger partial charge in [-0.05, 0) is 31.3 Å². The van der Waals surface area contributed by atoms with E-state index >= 15 is 0 Å². The van der Waals surface area contributed by atoms with Crippen molar-refractivity contribution in [1.29, 1.82) is 0 Å². The van der Waals surface area contributed by atoms with E-state index < -0.39 is 0 Å². The molecule has 0 spiro atoms. The van der Waals surface area contributed by atoms with Gasteiger partial charge in [0.05, 0.1) is 18.8 Å². The largest absolute Gasteiger partial charge is 0.374 e. The Bertz CT molecular complexity index is 430. The minimum Gasteiger partial charge on any atom is -0.374 e. The second-order valence-electron chi connectivity index (χ2n) is 4.81. The predicted octanol–water partition coefficient (Wildman–Crippen LogP) is 3.08. The maximum absolute atomic E-state index is 6.03. The minimum atomic E-state index is 0.163. The maximum Gasteiger partial charge on any atom is 0.0896 e. The van der Waals surface area contributed by atoms with Crippen LogP contribution in [0, 0.1) is 0 Å². The van der Waals surface area contributed by atoms with Crippen LogP contribution in [0.5, 0.6) is 0 Å². The number of rotatable bonds is 4. The first-order valence-electron chi connectivity index (χ1n) is 6.61. The Morgan fingerprint density at radius 3 is 3.00 bits per heavy atom. The first kappa shape index (κ1) is 15.3. The molecule has 3 nitrogen and oxygen atoms in total. The highest BCUT2D eigenvalue weighted by atomic mass is 79.9. The van der Waals surface area contributed by atoms with Crippen LogP contribution >= 0.6 is 27.5 Å². The van der Waals surface area contributed by atoms with Gasteiger partial charge in [0.15, 0.2) is 0 Å². The molecule has 1 aliphatic rings. The van der Waals surface area contributed by atoms with Gasteiger partial charge in [0.25, 0.3) is 0 Å². The number of benzene rings is 1. The van der Waals surface area contributed by atoms with Gasteiger partial charge in [-0.2, -0.15) is 0 Å². The third-order valence-corrected chi connectivity index (χ3v) is 4.40. The second kappa shape index (κ2) is 7.04. The molecule has 0 saturated carbocycles. The number of halogens is 2. The zero-order chi connectivity index (χ0) is 13.8. The monoisotopic (exact) mass is 346 g/mol. The molecular formula is C14H20BrClN2O. The highest BCUT2D eigenvalue weighted by molar-refractivity contribution is 9.10. The topological polar surface area (TPSA) is 24.5 Å². The summed E-state index contributed by atoms with van der Waals surface area (Å²) in [7, 11) is 2.15. The number of nitrogens with one attached hydrogen (secondary N) is 1. The molecular weight excluding hydrogens is 328 g/mol. The van der Waals surface area contributed by atoms with Crippen molar-refractivity contribution in [2.45, 2.75) is 19.1 Å². The van der Waals surface area contributed by atoms with Gasteiger partial charge < -0.3 is 10.1 Å². The van der Waals surface area contributed by atoms with Crippen LogP contribution in [0.15, 0.2) is 22.7 Å². The number of nitrogens with zero attached hydrogens (tertiary/aromatic N) is 1. The van der Waals surface area contributed by atoms with Gasteiger partial charge >= 0.3 is 0 Å². The van der Waals surface area contributed by atoms with Gasteiger partial charge in [-0.15, -0.1) is 0 Å². The Morgan fingerprint density at radius 2 is 2.32 bits per heavy atom. The van der Waals surface area contributed by atoms with Crippen LogP contribution in [0.4, 0.5) is 0 Å². The summed E-state index contributed by atoms with van der Waals surface area (Å²) in [6, 6.07) is 6.22. The molecule has 1 saturated heterocycles. The van der Waals surface area contributed by atoms with Crippen molar-refractivity contribution in [3.63, 3.8) is 0 Å². The number of ether oxygens (including phenoxy) is 1. The van der Waals surface area contributed by atoms with Crippen LogP contribution in [0.3, 0.4) is 0 Å². The average Bonchev–Trinajstić information content (AvgIpc) is 2.37. The quantitative estimate of drug-likeness (QED) is 0.906. The molecule has 106 valence electrons. The molecule has 0 aliphatic carbocycles.